The van der Waals surface area contributed by atoms with Crippen molar-refractivity contribution in [2.75, 3.05) is 7.11 Å². The Hall–Kier alpha value is -1.56. The van der Waals surface area contributed by atoms with Gasteiger partial charge in [0, 0.05) is 5.92 Å². The molecule has 0 radical (unpaired) electrons. The molecule has 3 aliphatic rings. The van der Waals surface area contributed by atoms with Crippen LogP contribution in [0.25, 0.3) is 0 Å². The molecule has 4 atom stereocenters. The van der Waals surface area contributed by atoms with E-state index in [2.05, 4.69) is 18.6 Å². The number of sulfonamides is 1. The summed E-state index contributed by atoms with van der Waals surface area (Å²) in [7, 11) is -2.31. The van der Waals surface area contributed by atoms with Gasteiger partial charge in [0.2, 0.25) is 5.91 Å². The van der Waals surface area contributed by atoms with Crippen molar-refractivity contribution in [3.05, 3.63) is 24.3 Å². The predicted octanol–water partition coefficient (Wildman–Crippen LogP) is 3.60. The van der Waals surface area contributed by atoms with E-state index in [1.165, 1.54) is 32.1 Å². The van der Waals surface area contributed by atoms with Gasteiger partial charge in [-0.25, -0.2) is 13.1 Å². The van der Waals surface area contributed by atoms with Gasteiger partial charge in [0.05, 0.1) is 12.0 Å². The van der Waals surface area contributed by atoms with E-state index in [0.717, 1.165) is 19.3 Å². The van der Waals surface area contributed by atoms with Gasteiger partial charge in [0.15, 0.2) is 0 Å². The number of nitrogens with one attached hydrogen (secondary N) is 1. The summed E-state index contributed by atoms with van der Waals surface area (Å²) in [4.78, 5) is 12.8. The molecule has 2 bridgehead atoms. The third-order valence-electron chi connectivity index (χ3n) is 6.02. The molecule has 4 unspecified atom stereocenters. The largest absolute Gasteiger partial charge is 0.497 e. The van der Waals surface area contributed by atoms with Crippen LogP contribution in [-0.2, 0) is 14.8 Å². The van der Waals surface area contributed by atoms with Gasteiger partial charge in [-0.3, -0.25) is 4.79 Å². The second-order valence-electron chi connectivity index (χ2n) is 8.21. The monoisotopic (exact) mass is 379 g/mol. The van der Waals surface area contributed by atoms with Crippen molar-refractivity contribution in [2.45, 2.75) is 50.8 Å². The van der Waals surface area contributed by atoms with Gasteiger partial charge in [-0.15, -0.1) is 0 Å². The highest BCUT2D eigenvalue weighted by Gasteiger charge is 2.45. The quantitative estimate of drug-likeness (QED) is 0.820. The summed E-state index contributed by atoms with van der Waals surface area (Å²) in [6.45, 7) is 4.49. The first-order valence-electron chi connectivity index (χ1n) is 9.51. The molecule has 3 saturated carbocycles. The summed E-state index contributed by atoms with van der Waals surface area (Å²) in [6, 6.07) is 6.08. The van der Waals surface area contributed by atoms with Gasteiger partial charge in [-0.05, 0) is 80.0 Å². The van der Waals surface area contributed by atoms with Crippen molar-refractivity contribution in [1.82, 2.24) is 4.72 Å². The molecule has 0 aliphatic heterocycles. The fraction of sp³-hybridized carbons (Fsp3) is 0.650. The molecule has 1 aromatic carbocycles. The minimum Gasteiger partial charge on any atom is -0.497 e. The Balaban J connectivity index is 1.66. The summed E-state index contributed by atoms with van der Waals surface area (Å²) in [5.74, 6) is 2.30. The van der Waals surface area contributed by atoms with E-state index in [1.807, 2.05) is 0 Å². The molecule has 26 heavy (non-hydrogen) atoms. The summed E-state index contributed by atoms with van der Waals surface area (Å²) in [5, 5.41) is 0. The van der Waals surface area contributed by atoms with Crippen molar-refractivity contribution in [1.29, 1.82) is 0 Å². The van der Waals surface area contributed by atoms with Crippen LogP contribution in [0.2, 0.25) is 0 Å². The maximum absolute atomic E-state index is 12.7. The lowest BCUT2D eigenvalue weighted by atomic mass is 9.58. The normalized spacial score (nSPS) is 28.2. The fourth-order valence-corrected chi connectivity index (χ4v) is 5.82. The maximum Gasteiger partial charge on any atom is 0.264 e. The molecule has 4 rings (SSSR count). The third kappa shape index (κ3) is 4.05. The highest BCUT2D eigenvalue weighted by atomic mass is 32.2. The highest BCUT2D eigenvalue weighted by molar-refractivity contribution is 7.90. The molecular formula is C20H29NO4S. The van der Waals surface area contributed by atoms with Gasteiger partial charge >= 0.3 is 0 Å². The zero-order chi connectivity index (χ0) is 18.9. The van der Waals surface area contributed by atoms with Crippen LogP contribution in [0, 0.1) is 29.6 Å². The third-order valence-corrected chi connectivity index (χ3v) is 7.38. The van der Waals surface area contributed by atoms with Crippen molar-refractivity contribution >= 4 is 15.9 Å². The van der Waals surface area contributed by atoms with E-state index < -0.39 is 10.0 Å². The van der Waals surface area contributed by atoms with Crippen molar-refractivity contribution in [3.63, 3.8) is 0 Å². The minimum absolute atomic E-state index is 0.0882. The van der Waals surface area contributed by atoms with Crippen LogP contribution in [0.3, 0.4) is 0 Å². The van der Waals surface area contributed by atoms with Crippen molar-refractivity contribution < 1.29 is 17.9 Å². The number of carbonyl (C=O) groups excluding carboxylic acids is 1. The van der Waals surface area contributed by atoms with Gasteiger partial charge in [-0.2, -0.15) is 0 Å². The van der Waals surface area contributed by atoms with Crippen LogP contribution in [0.5, 0.6) is 5.75 Å². The molecule has 1 amide bonds. The van der Waals surface area contributed by atoms with Crippen molar-refractivity contribution in [2.24, 2.45) is 29.6 Å². The molecule has 1 aromatic rings. The fourth-order valence-electron chi connectivity index (χ4n) is 4.79. The van der Waals surface area contributed by atoms with E-state index in [4.69, 9.17) is 4.74 Å². The first-order chi connectivity index (χ1) is 12.3. The van der Waals surface area contributed by atoms with Crippen molar-refractivity contribution in [3.8, 4) is 5.75 Å². The number of methoxy groups -OCH3 is 1. The first-order valence-corrected chi connectivity index (χ1v) is 11.0. The zero-order valence-electron chi connectivity index (χ0n) is 15.8. The number of carbonyl (C=O) groups is 1. The van der Waals surface area contributed by atoms with Crippen LogP contribution in [0.1, 0.15) is 46.0 Å². The van der Waals surface area contributed by atoms with Gasteiger partial charge < -0.3 is 4.74 Å². The number of ether oxygens (including phenoxy) is 1. The van der Waals surface area contributed by atoms with E-state index >= 15 is 0 Å². The number of hydrogen-bond acceptors (Lipinski definition) is 4. The Morgan fingerprint density at radius 3 is 2.35 bits per heavy atom. The lowest BCUT2D eigenvalue weighted by Crippen LogP contribution is -2.46. The Labute approximate surface area is 156 Å². The molecule has 3 fully saturated rings. The van der Waals surface area contributed by atoms with Crippen LogP contribution < -0.4 is 9.46 Å². The molecule has 0 aromatic heterocycles. The molecule has 1 N–H and O–H groups in total. The van der Waals surface area contributed by atoms with Gasteiger partial charge in [0.1, 0.15) is 5.75 Å². The average molecular weight is 380 g/mol. The number of rotatable bonds is 6. The minimum atomic E-state index is -3.84. The Kier molecular flexibility index (Phi) is 5.61. The predicted molar refractivity (Wildman–Crippen MR) is 100 cm³/mol. The topological polar surface area (TPSA) is 72.5 Å². The summed E-state index contributed by atoms with van der Waals surface area (Å²) < 4.78 is 32.4. The number of fused-ring (bicyclic) bond motifs is 3. The summed E-state index contributed by atoms with van der Waals surface area (Å²) >= 11 is 0. The summed E-state index contributed by atoms with van der Waals surface area (Å²) in [6.07, 6.45) is 5.31. The molecule has 5 nitrogen and oxygen atoms in total. The lowest BCUT2D eigenvalue weighted by molar-refractivity contribution is -0.129. The van der Waals surface area contributed by atoms with E-state index in [-0.39, 0.29) is 16.7 Å². The van der Waals surface area contributed by atoms with Crippen LogP contribution >= 0.6 is 0 Å². The smallest absolute Gasteiger partial charge is 0.264 e. The zero-order valence-corrected chi connectivity index (χ0v) is 16.6. The van der Waals surface area contributed by atoms with Crippen LogP contribution in [0.4, 0.5) is 0 Å². The number of amides is 1. The average Bonchev–Trinajstić information content (AvgIpc) is 2.61. The molecule has 0 spiro atoms. The van der Waals surface area contributed by atoms with Crippen LogP contribution in [0.15, 0.2) is 29.2 Å². The number of benzene rings is 1. The molecule has 0 heterocycles. The second kappa shape index (κ2) is 7.59. The Bertz CT molecular complexity index is 742. The molecule has 0 saturated heterocycles. The number of hydrogen-bond donors (Lipinski definition) is 1. The molecular weight excluding hydrogens is 350 g/mol. The SMILES string of the molecule is COc1ccc(S(=O)(=O)NC(=O)C2CC3CCC2CC3CC(C)C)cc1. The maximum atomic E-state index is 12.7. The Morgan fingerprint density at radius 2 is 1.81 bits per heavy atom. The first kappa shape index (κ1) is 19.2. The van der Waals surface area contributed by atoms with Gasteiger partial charge in [0.25, 0.3) is 10.0 Å². The van der Waals surface area contributed by atoms with Gasteiger partial charge in [-0.1, -0.05) is 13.8 Å². The van der Waals surface area contributed by atoms with E-state index in [0.29, 0.717) is 29.4 Å². The highest BCUT2D eigenvalue weighted by Crippen LogP contribution is 2.50. The summed E-state index contributed by atoms with van der Waals surface area (Å²) in [5.41, 5.74) is 0. The lowest BCUT2D eigenvalue weighted by Gasteiger charge is -2.47. The molecule has 144 valence electrons. The standard InChI is InChI=1S/C20H29NO4S/c1-13(2)10-16-11-15-5-4-14(16)12-19(15)20(22)21-26(23,24)18-8-6-17(25-3)7-9-18/h6-9,13-16,19H,4-5,10-12H2,1-3H3,(H,21,22). The second-order valence-corrected chi connectivity index (χ2v) is 9.89. The van der Waals surface area contributed by atoms with E-state index in [1.54, 1.807) is 12.1 Å². The molecule has 6 heteroatoms. The van der Waals surface area contributed by atoms with Crippen LogP contribution in [-0.4, -0.2) is 21.4 Å². The molecule has 3 aliphatic carbocycles. The Morgan fingerprint density at radius 1 is 1.15 bits per heavy atom. The van der Waals surface area contributed by atoms with E-state index in [9.17, 15) is 13.2 Å².